The molecule has 0 atom stereocenters. The van der Waals surface area contributed by atoms with Gasteiger partial charge in [-0.25, -0.2) is 13.1 Å². The van der Waals surface area contributed by atoms with Crippen LogP contribution in [0.4, 0.5) is 5.69 Å². The highest BCUT2D eigenvalue weighted by Gasteiger charge is 2.18. The van der Waals surface area contributed by atoms with Crippen LogP contribution in [0.2, 0.25) is 5.02 Å². The third kappa shape index (κ3) is 5.66. The highest BCUT2D eigenvalue weighted by Crippen LogP contribution is 2.21. The van der Waals surface area contributed by atoms with Gasteiger partial charge < -0.3 is 4.90 Å². The lowest BCUT2D eigenvalue weighted by atomic mass is 10.1. The summed E-state index contributed by atoms with van der Waals surface area (Å²) >= 11 is 5.96. The van der Waals surface area contributed by atoms with Crippen molar-refractivity contribution in [3.05, 3.63) is 83.9 Å². The predicted octanol–water partition coefficient (Wildman–Crippen LogP) is 4.11. The molecule has 1 fully saturated rings. The molecule has 0 amide bonds. The number of benzene rings is 3. The fourth-order valence-electron chi connectivity index (χ4n) is 3.76. The molecule has 0 spiro atoms. The van der Waals surface area contributed by atoms with E-state index in [-0.39, 0.29) is 0 Å². The number of anilines is 1. The molecular weight excluding hydrogens is 430 g/mol. The van der Waals surface area contributed by atoms with Crippen LogP contribution in [0.3, 0.4) is 0 Å². The first kappa shape index (κ1) is 21.8. The largest absolute Gasteiger partial charge is 0.369 e. The van der Waals surface area contributed by atoms with E-state index in [1.165, 1.54) is 5.69 Å². The van der Waals surface area contributed by atoms with E-state index >= 15 is 0 Å². The van der Waals surface area contributed by atoms with Crippen molar-refractivity contribution >= 4 is 27.3 Å². The average Bonchev–Trinajstić information content (AvgIpc) is 2.81. The van der Waals surface area contributed by atoms with E-state index < -0.39 is 10.0 Å². The quantitative estimate of drug-likeness (QED) is 0.582. The minimum Gasteiger partial charge on any atom is -0.369 e. The maximum Gasteiger partial charge on any atom is 0.240 e. The Bertz CT molecular complexity index is 1080. The lowest BCUT2D eigenvalue weighted by Gasteiger charge is -2.36. The molecule has 3 aromatic carbocycles. The molecule has 162 valence electrons. The van der Waals surface area contributed by atoms with Crippen molar-refractivity contribution < 1.29 is 8.42 Å². The van der Waals surface area contributed by atoms with E-state index in [0.717, 1.165) is 42.3 Å². The predicted molar refractivity (Wildman–Crippen MR) is 127 cm³/mol. The lowest BCUT2D eigenvalue weighted by molar-refractivity contribution is 0.262. The van der Waals surface area contributed by atoms with Crippen LogP contribution in [0.15, 0.2) is 83.8 Å². The number of nitrogens with zero attached hydrogens (tertiary/aromatic N) is 2. The molecule has 1 N–H and O–H groups in total. The number of piperazine rings is 1. The number of sulfonamides is 1. The van der Waals surface area contributed by atoms with Crippen molar-refractivity contribution in [2.45, 2.75) is 4.90 Å². The zero-order valence-corrected chi connectivity index (χ0v) is 18.8. The first-order valence-electron chi connectivity index (χ1n) is 10.4. The molecule has 0 saturated carbocycles. The van der Waals surface area contributed by atoms with Crippen molar-refractivity contribution in [1.82, 2.24) is 9.62 Å². The Hall–Kier alpha value is -2.38. The van der Waals surface area contributed by atoms with Gasteiger partial charge in [-0.05, 0) is 47.5 Å². The number of nitrogens with one attached hydrogen (secondary N) is 1. The van der Waals surface area contributed by atoms with Gasteiger partial charge in [0.1, 0.15) is 0 Å². The van der Waals surface area contributed by atoms with Crippen LogP contribution in [-0.2, 0) is 10.0 Å². The Morgan fingerprint density at radius 1 is 0.774 bits per heavy atom. The van der Waals surface area contributed by atoms with E-state index in [9.17, 15) is 8.42 Å². The van der Waals surface area contributed by atoms with Gasteiger partial charge in [0.15, 0.2) is 0 Å². The summed E-state index contributed by atoms with van der Waals surface area (Å²) in [6.07, 6.45) is 0. The van der Waals surface area contributed by atoms with Gasteiger partial charge in [0, 0.05) is 50.0 Å². The highest BCUT2D eigenvalue weighted by atomic mass is 35.5. The molecule has 0 unspecified atom stereocenters. The Morgan fingerprint density at radius 2 is 1.39 bits per heavy atom. The van der Waals surface area contributed by atoms with Gasteiger partial charge >= 0.3 is 0 Å². The molecule has 3 aromatic rings. The van der Waals surface area contributed by atoms with Crippen LogP contribution < -0.4 is 9.62 Å². The Morgan fingerprint density at radius 3 is 2.03 bits per heavy atom. The van der Waals surface area contributed by atoms with E-state index in [2.05, 4.69) is 14.5 Å². The van der Waals surface area contributed by atoms with Crippen LogP contribution in [0, 0.1) is 0 Å². The minimum absolute atomic E-state index is 0.291. The molecule has 4 rings (SSSR count). The number of rotatable bonds is 7. The smallest absolute Gasteiger partial charge is 0.240 e. The van der Waals surface area contributed by atoms with Crippen molar-refractivity contribution in [3.8, 4) is 11.1 Å². The third-order valence-corrected chi connectivity index (χ3v) is 7.28. The molecule has 1 heterocycles. The van der Waals surface area contributed by atoms with Crippen molar-refractivity contribution in [2.75, 3.05) is 44.2 Å². The Kier molecular flexibility index (Phi) is 6.92. The van der Waals surface area contributed by atoms with Gasteiger partial charge in [0.05, 0.1) is 4.90 Å². The van der Waals surface area contributed by atoms with E-state index in [1.807, 2.05) is 66.7 Å². The van der Waals surface area contributed by atoms with Gasteiger partial charge in [0.25, 0.3) is 0 Å². The van der Waals surface area contributed by atoms with Gasteiger partial charge in [-0.2, -0.15) is 0 Å². The summed E-state index contributed by atoms with van der Waals surface area (Å²) in [6, 6.07) is 24.8. The van der Waals surface area contributed by atoms with E-state index in [1.54, 1.807) is 12.1 Å². The maximum atomic E-state index is 12.6. The summed E-state index contributed by atoms with van der Waals surface area (Å²) in [5.41, 5.74) is 3.24. The summed E-state index contributed by atoms with van der Waals surface area (Å²) in [7, 11) is -3.52. The van der Waals surface area contributed by atoms with Gasteiger partial charge in [0.2, 0.25) is 10.0 Å². The molecule has 5 nitrogen and oxygen atoms in total. The van der Waals surface area contributed by atoms with Crippen molar-refractivity contribution in [1.29, 1.82) is 0 Å². The molecule has 7 heteroatoms. The van der Waals surface area contributed by atoms with Crippen LogP contribution in [0.25, 0.3) is 11.1 Å². The topological polar surface area (TPSA) is 52.7 Å². The van der Waals surface area contributed by atoms with E-state index in [4.69, 9.17) is 11.6 Å². The Labute approximate surface area is 189 Å². The van der Waals surface area contributed by atoms with Crippen molar-refractivity contribution in [2.24, 2.45) is 0 Å². The highest BCUT2D eigenvalue weighted by molar-refractivity contribution is 7.89. The molecule has 31 heavy (non-hydrogen) atoms. The van der Waals surface area contributed by atoms with Gasteiger partial charge in [-0.15, -0.1) is 0 Å². The normalized spacial score (nSPS) is 15.2. The molecule has 1 aliphatic rings. The monoisotopic (exact) mass is 455 g/mol. The third-order valence-electron chi connectivity index (χ3n) is 5.56. The standard InChI is InChI=1S/C24H26ClN3O2S/c25-22-8-10-23(11-9-22)28-18-16-27(17-19-28)15-14-26-31(29,30)24-12-6-21(7-13-24)20-4-2-1-3-5-20/h1-13,26H,14-19H2. The first-order valence-corrected chi connectivity index (χ1v) is 12.3. The first-order chi connectivity index (χ1) is 15.0. The Balaban J connectivity index is 1.26. The molecule has 0 bridgehead atoms. The van der Waals surface area contributed by atoms with Crippen LogP contribution in [0.1, 0.15) is 0 Å². The maximum absolute atomic E-state index is 12.6. The van der Waals surface area contributed by atoms with Crippen molar-refractivity contribution in [3.63, 3.8) is 0 Å². The van der Waals surface area contributed by atoms with Crippen LogP contribution in [-0.4, -0.2) is 52.6 Å². The number of hydrogen-bond acceptors (Lipinski definition) is 4. The molecule has 0 aromatic heterocycles. The summed E-state index contributed by atoms with van der Waals surface area (Å²) < 4.78 is 28.0. The number of hydrogen-bond donors (Lipinski definition) is 1. The van der Waals surface area contributed by atoms with Crippen LogP contribution >= 0.6 is 11.6 Å². The van der Waals surface area contributed by atoms with Crippen LogP contribution in [0.5, 0.6) is 0 Å². The van der Waals surface area contributed by atoms with Gasteiger partial charge in [-0.1, -0.05) is 54.1 Å². The summed E-state index contributed by atoms with van der Waals surface area (Å²) in [4.78, 5) is 4.90. The fourth-order valence-corrected chi connectivity index (χ4v) is 4.91. The fraction of sp³-hybridized carbons (Fsp3) is 0.250. The molecule has 1 aliphatic heterocycles. The molecule has 0 aliphatic carbocycles. The second-order valence-corrected chi connectivity index (χ2v) is 9.80. The second kappa shape index (κ2) is 9.83. The number of halogens is 1. The summed E-state index contributed by atoms with van der Waals surface area (Å²) in [6.45, 7) is 4.70. The SMILES string of the molecule is O=S(=O)(NCCN1CCN(c2ccc(Cl)cc2)CC1)c1ccc(-c2ccccc2)cc1. The zero-order valence-electron chi connectivity index (χ0n) is 17.2. The molecular formula is C24H26ClN3O2S. The summed E-state index contributed by atoms with van der Waals surface area (Å²) in [5, 5.41) is 0.740. The molecule has 0 radical (unpaired) electrons. The minimum atomic E-state index is -3.52. The average molecular weight is 456 g/mol. The summed E-state index contributed by atoms with van der Waals surface area (Å²) in [5.74, 6) is 0. The molecule has 1 saturated heterocycles. The van der Waals surface area contributed by atoms with Gasteiger partial charge in [-0.3, -0.25) is 4.90 Å². The lowest BCUT2D eigenvalue weighted by Crippen LogP contribution is -2.48. The zero-order chi connectivity index (χ0) is 21.7. The second-order valence-electron chi connectivity index (χ2n) is 7.59. The van der Waals surface area contributed by atoms with E-state index in [0.29, 0.717) is 18.0 Å².